The average Bonchev–Trinajstić information content (AvgIpc) is 2.60. The molecule has 0 aromatic carbocycles. The molecule has 0 saturated carbocycles. The first-order valence-electron chi connectivity index (χ1n) is 5.74. The number of nitrogens with zero attached hydrogens (tertiary/aromatic N) is 3. The summed E-state index contributed by atoms with van der Waals surface area (Å²) >= 11 is 0. The molecule has 0 radical (unpaired) electrons. The number of rotatable bonds is 6. The molecule has 0 saturated heterocycles. The van der Waals surface area contributed by atoms with Crippen LogP contribution < -0.4 is 5.32 Å². The Balaban J connectivity index is 2.14. The van der Waals surface area contributed by atoms with E-state index >= 15 is 0 Å². The first-order valence-corrected chi connectivity index (χ1v) is 5.74. The fourth-order valence-electron chi connectivity index (χ4n) is 1.22. The molecule has 17 heavy (non-hydrogen) atoms. The maximum atomic E-state index is 9.66. The second kappa shape index (κ2) is 6.09. The minimum absolute atomic E-state index is 0.219. The van der Waals surface area contributed by atoms with Crippen LogP contribution in [-0.2, 0) is 18.3 Å². The van der Waals surface area contributed by atoms with E-state index in [1.165, 1.54) is 0 Å². The zero-order valence-corrected chi connectivity index (χ0v) is 11.0. The van der Waals surface area contributed by atoms with Gasteiger partial charge in [0.15, 0.2) is 5.82 Å². The van der Waals surface area contributed by atoms with Crippen molar-refractivity contribution >= 4 is 0 Å². The van der Waals surface area contributed by atoms with E-state index in [1.807, 2.05) is 27.8 Å². The van der Waals surface area contributed by atoms with Gasteiger partial charge in [0.05, 0.1) is 24.9 Å². The Morgan fingerprint density at radius 3 is 2.76 bits per heavy atom. The Labute approximate surface area is 102 Å². The summed E-state index contributed by atoms with van der Waals surface area (Å²) in [5.74, 6) is 0.719. The van der Waals surface area contributed by atoms with Crippen molar-refractivity contribution in [1.82, 2.24) is 20.1 Å². The summed E-state index contributed by atoms with van der Waals surface area (Å²) in [7, 11) is 1.82. The van der Waals surface area contributed by atoms with Crippen molar-refractivity contribution in [3.05, 3.63) is 12.2 Å². The number of hydrogen-bond donors (Lipinski definition) is 2. The lowest BCUT2D eigenvalue weighted by Crippen LogP contribution is -2.33. The molecule has 1 unspecified atom stereocenters. The van der Waals surface area contributed by atoms with Crippen LogP contribution in [0.3, 0.4) is 0 Å². The third kappa shape index (κ3) is 6.35. The van der Waals surface area contributed by atoms with Gasteiger partial charge in [-0.05, 0) is 20.8 Å². The minimum Gasteiger partial charge on any atom is -0.389 e. The first kappa shape index (κ1) is 14.1. The standard InChI is InChI=1S/C11H22N4O2/c1-11(2,3)17-7-9(16)5-12-6-10-13-8-15(4)14-10/h8-9,12,16H,5-7H2,1-4H3. The van der Waals surface area contributed by atoms with Gasteiger partial charge in [-0.1, -0.05) is 0 Å². The van der Waals surface area contributed by atoms with Crippen LogP contribution in [0.5, 0.6) is 0 Å². The molecule has 2 N–H and O–H groups in total. The van der Waals surface area contributed by atoms with Crippen molar-refractivity contribution in [1.29, 1.82) is 0 Å². The van der Waals surface area contributed by atoms with Crippen molar-refractivity contribution < 1.29 is 9.84 Å². The Morgan fingerprint density at radius 2 is 2.24 bits per heavy atom. The monoisotopic (exact) mass is 242 g/mol. The van der Waals surface area contributed by atoms with Crippen LogP contribution in [0.4, 0.5) is 0 Å². The number of aryl methyl sites for hydroxylation is 1. The summed E-state index contributed by atoms with van der Waals surface area (Å²) < 4.78 is 7.12. The molecule has 1 aromatic heterocycles. The van der Waals surface area contributed by atoms with E-state index in [-0.39, 0.29) is 5.60 Å². The predicted octanol–water partition coefficient (Wildman–Crippen LogP) is 0.0807. The second-order valence-electron chi connectivity index (χ2n) is 5.04. The van der Waals surface area contributed by atoms with Gasteiger partial charge in [0, 0.05) is 13.6 Å². The lowest BCUT2D eigenvalue weighted by atomic mass is 10.2. The lowest BCUT2D eigenvalue weighted by molar-refractivity contribution is -0.0479. The smallest absolute Gasteiger partial charge is 0.164 e. The number of ether oxygens (including phenoxy) is 1. The summed E-state index contributed by atoms with van der Waals surface area (Å²) in [4.78, 5) is 4.07. The molecule has 98 valence electrons. The fourth-order valence-corrected chi connectivity index (χ4v) is 1.22. The van der Waals surface area contributed by atoms with Crippen LogP contribution in [0, 0.1) is 0 Å². The highest BCUT2D eigenvalue weighted by Crippen LogP contribution is 2.06. The van der Waals surface area contributed by atoms with Gasteiger partial charge in [0.25, 0.3) is 0 Å². The Kier molecular flexibility index (Phi) is 5.04. The van der Waals surface area contributed by atoms with Gasteiger partial charge in [0.2, 0.25) is 0 Å². The topological polar surface area (TPSA) is 72.2 Å². The summed E-state index contributed by atoms with van der Waals surface area (Å²) in [6.07, 6.45) is 1.13. The van der Waals surface area contributed by atoms with Gasteiger partial charge < -0.3 is 15.2 Å². The Bertz CT molecular complexity index is 332. The predicted molar refractivity (Wildman–Crippen MR) is 64.4 cm³/mol. The average molecular weight is 242 g/mol. The third-order valence-corrected chi connectivity index (χ3v) is 2.02. The molecular formula is C11H22N4O2. The van der Waals surface area contributed by atoms with Gasteiger partial charge in [-0.15, -0.1) is 0 Å². The van der Waals surface area contributed by atoms with Gasteiger partial charge in [-0.3, -0.25) is 4.68 Å². The molecule has 1 aromatic rings. The molecule has 0 amide bonds. The quantitative estimate of drug-likeness (QED) is 0.739. The van der Waals surface area contributed by atoms with E-state index in [4.69, 9.17) is 4.74 Å². The molecule has 0 aliphatic rings. The molecule has 0 aliphatic heterocycles. The van der Waals surface area contributed by atoms with Gasteiger partial charge >= 0.3 is 0 Å². The van der Waals surface area contributed by atoms with Gasteiger partial charge in [-0.2, -0.15) is 5.10 Å². The highest BCUT2D eigenvalue weighted by Gasteiger charge is 2.13. The van der Waals surface area contributed by atoms with Crippen LogP contribution >= 0.6 is 0 Å². The van der Waals surface area contributed by atoms with Crippen molar-refractivity contribution in [2.24, 2.45) is 7.05 Å². The van der Waals surface area contributed by atoms with E-state index in [0.717, 1.165) is 5.82 Å². The van der Waals surface area contributed by atoms with E-state index in [2.05, 4.69) is 15.4 Å². The van der Waals surface area contributed by atoms with Crippen molar-refractivity contribution in [3.8, 4) is 0 Å². The third-order valence-electron chi connectivity index (χ3n) is 2.02. The molecule has 0 spiro atoms. The van der Waals surface area contributed by atoms with Crippen LogP contribution in [0.1, 0.15) is 26.6 Å². The van der Waals surface area contributed by atoms with E-state index < -0.39 is 6.10 Å². The number of nitrogens with one attached hydrogen (secondary N) is 1. The zero-order chi connectivity index (χ0) is 12.9. The van der Waals surface area contributed by atoms with Crippen LogP contribution in [0.2, 0.25) is 0 Å². The molecular weight excluding hydrogens is 220 g/mol. The first-order chi connectivity index (χ1) is 7.87. The summed E-state index contributed by atoms with van der Waals surface area (Å²) in [5.41, 5.74) is -0.219. The molecule has 6 nitrogen and oxygen atoms in total. The lowest BCUT2D eigenvalue weighted by Gasteiger charge is -2.22. The highest BCUT2D eigenvalue weighted by molar-refractivity contribution is 4.80. The highest BCUT2D eigenvalue weighted by atomic mass is 16.5. The summed E-state index contributed by atoms with van der Waals surface area (Å²) in [6, 6.07) is 0. The van der Waals surface area contributed by atoms with Crippen LogP contribution in [0.15, 0.2) is 6.33 Å². The van der Waals surface area contributed by atoms with E-state index in [9.17, 15) is 5.11 Å². The molecule has 1 rings (SSSR count). The fraction of sp³-hybridized carbons (Fsp3) is 0.818. The number of aliphatic hydroxyl groups excluding tert-OH is 1. The molecule has 0 bridgehead atoms. The van der Waals surface area contributed by atoms with E-state index in [1.54, 1.807) is 11.0 Å². The largest absolute Gasteiger partial charge is 0.389 e. The molecule has 0 aliphatic carbocycles. The zero-order valence-electron chi connectivity index (χ0n) is 11.0. The van der Waals surface area contributed by atoms with Crippen molar-refractivity contribution in [2.45, 2.75) is 39.0 Å². The molecule has 0 fully saturated rings. The maximum Gasteiger partial charge on any atom is 0.164 e. The second-order valence-corrected chi connectivity index (χ2v) is 5.04. The van der Waals surface area contributed by atoms with E-state index in [0.29, 0.717) is 19.7 Å². The number of hydrogen-bond acceptors (Lipinski definition) is 5. The number of aliphatic hydroxyl groups is 1. The Hall–Kier alpha value is -0.980. The Morgan fingerprint density at radius 1 is 1.53 bits per heavy atom. The summed E-state index contributed by atoms with van der Waals surface area (Å²) in [6.45, 7) is 7.23. The van der Waals surface area contributed by atoms with Crippen LogP contribution in [0.25, 0.3) is 0 Å². The SMILES string of the molecule is Cn1cnc(CNCC(O)COC(C)(C)C)n1. The van der Waals surface area contributed by atoms with Crippen molar-refractivity contribution in [3.63, 3.8) is 0 Å². The molecule has 1 atom stereocenters. The minimum atomic E-state index is -0.516. The molecule has 6 heteroatoms. The summed E-state index contributed by atoms with van der Waals surface area (Å²) in [5, 5.41) is 16.9. The van der Waals surface area contributed by atoms with Crippen molar-refractivity contribution in [2.75, 3.05) is 13.2 Å². The normalized spacial score (nSPS) is 13.9. The van der Waals surface area contributed by atoms with Gasteiger partial charge in [-0.25, -0.2) is 4.98 Å². The molecule has 1 heterocycles. The number of aromatic nitrogens is 3. The van der Waals surface area contributed by atoms with Gasteiger partial charge in [0.1, 0.15) is 6.33 Å². The van der Waals surface area contributed by atoms with Crippen LogP contribution in [-0.4, -0.2) is 44.7 Å². The maximum absolute atomic E-state index is 9.66.